The number of primary sulfonamides is 1. The van der Waals surface area contributed by atoms with E-state index in [9.17, 15) is 22.9 Å². The molecule has 0 aliphatic heterocycles. The molecule has 0 fully saturated rings. The molecule has 182 valence electrons. The number of sulfonamides is 1. The lowest BCUT2D eigenvalue weighted by atomic mass is 9.98. The fraction of sp³-hybridized carbons (Fsp3) is 0.0800. The Hall–Kier alpha value is -4.53. The van der Waals surface area contributed by atoms with Gasteiger partial charge in [-0.3, -0.25) is 4.79 Å². The number of hydrogen-bond donors (Lipinski definition) is 2. The van der Waals surface area contributed by atoms with Gasteiger partial charge in [-0.05, 0) is 42.0 Å². The van der Waals surface area contributed by atoms with Gasteiger partial charge in [-0.25, -0.2) is 22.6 Å². The van der Waals surface area contributed by atoms with Crippen molar-refractivity contribution >= 4 is 21.6 Å². The average molecular weight is 506 g/mol. The van der Waals surface area contributed by atoms with E-state index in [1.807, 2.05) is 6.07 Å². The molecule has 1 heterocycles. The Morgan fingerprint density at radius 1 is 1.11 bits per heavy atom. The van der Waals surface area contributed by atoms with Crippen LogP contribution < -0.4 is 15.2 Å². The molecule has 0 saturated heterocycles. The summed E-state index contributed by atoms with van der Waals surface area (Å²) >= 11 is 0. The van der Waals surface area contributed by atoms with Gasteiger partial charge in [-0.2, -0.15) is 10.4 Å². The highest BCUT2D eigenvalue weighted by Gasteiger charge is 2.27. The van der Waals surface area contributed by atoms with E-state index in [0.29, 0.717) is 16.8 Å². The smallest absolute Gasteiger partial charge is 0.274 e. The maximum absolute atomic E-state index is 14.7. The number of nitrogens with two attached hydrogens (primary N) is 1. The van der Waals surface area contributed by atoms with Crippen molar-refractivity contribution in [3.63, 3.8) is 0 Å². The van der Waals surface area contributed by atoms with Crippen molar-refractivity contribution in [1.82, 2.24) is 9.78 Å². The first-order chi connectivity index (χ1) is 17.2. The Morgan fingerprint density at radius 2 is 1.78 bits per heavy atom. The molecule has 0 saturated carbocycles. The summed E-state index contributed by atoms with van der Waals surface area (Å²) in [6.07, 6.45) is 0. The van der Waals surface area contributed by atoms with Crippen molar-refractivity contribution in [1.29, 1.82) is 5.26 Å². The summed E-state index contributed by atoms with van der Waals surface area (Å²) in [6.45, 7) is -0.265. The summed E-state index contributed by atoms with van der Waals surface area (Å²) in [5.41, 5.74) is 1.77. The predicted molar refractivity (Wildman–Crippen MR) is 131 cm³/mol. The third kappa shape index (κ3) is 4.95. The molecule has 9 nitrogen and oxygen atoms in total. The molecule has 36 heavy (non-hydrogen) atoms. The second-order valence-corrected chi connectivity index (χ2v) is 9.19. The predicted octanol–water partition coefficient (Wildman–Crippen LogP) is 3.79. The number of halogens is 1. The number of amides is 1. The number of nitrogens with one attached hydrogen (secondary N) is 1. The molecule has 3 N–H and O–H groups in total. The Morgan fingerprint density at radius 3 is 2.36 bits per heavy atom. The van der Waals surface area contributed by atoms with E-state index >= 15 is 0 Å². The van der Waals surface area contributed by atoms with Crippen LogP contribution in [0.2, 0.25) is 0 Å². The van der Waals surface area contributed by atoms with Crippen LogP contribution in [0.5, 0.6) is 5.75 Å². The average Bonchev–Trinajstić information content (AvgIpc) is 3.24. The summed E-state index contributed by atoms with van der Waals surface area (Å²) in [5, 5.41) is 21.8. The number of carbonyl (C=O) groups is 1. The summed E-state index contributed by atoms with van der Waals surface area (Å²) in [4.78, 5) is 13.3. The van der Waals surface area contributed by atoms with Crippen LogP contribution in [0.25, 0.3) is 22.4 Å². The molecule has 3 aromatic carbocycles. The van der Waals surface area contributed by atoms with Crippen LogP contribution in [0.15, 0.2) is 77.7 Å². The lowest BCUT2D eigenvalue weighted by Gasteiger charge is -2.11. The van der Waals surface area contributed by atoms with Crippen molar-refractivity contribution < 1.29 is 22.3 Å². The van der Waals surface area contributed by atoms with Crippen molar-refractivity contribution in [3.05, 3.63) is 84.3 Å². The highest BCUT2D eigenvalue weighted by molar-refractivity contribution is 7.89. The van der Waals surface area contributed by atoms with Gasteiger partial charge in [-0.1, -0.05) is 36.4 Å². The third-order valence-electron chi connectivity index (χ3n) is 5.32. The number of nitriles is 1. The topological polar surface area (TPSA) is 140 Å². The van der Waals surface area contributed by atoms with Crippen LogP contribution in [0.4, 0.5) is 10.1 Å². The first-order valence-electron chi connectivity index (χ1n) is 10.5. The zero-order valence-corrected chi connectivity index (χ0v) is 19.8. The normalized spacial score (nSPS) is 11.1. The number of ether oxygens (including phenoxy) is 1. The first-order valence-corrected chi connectivity index (χ1v) is 12.1. The van der Waals surface area contributed by atoms with Gasteiger partial charge in [-0.15, -0.1) is 0 Å². The van der Waals surface area contributed by atoms with Crippen LogP contribution >= 0.6 is 0 Å². The van der Waals surface area contributed by atoms with Gasteiger partial charge in [0.1, 0.15) is 17.9 Å². The van der Waals surface area contributed by atoms with E-state index in [0.717, 1.165) is 0 Å². The zero-order chi connectivity index (χ0) is 25.9. The van der Waals surface area contributed by atoms with Crippen molar-refractivity contribution in [2.24, 2.45) is 5.14 Å². The minimum atomic E-state index is -3.93. The third-order valence-corrected chi connectivity index (χ3v) is 6.25. The number of aromatic nitrogens is 2. The molecular weight excluding hydrogens is 485 g/mol. The molecule has 0 unspecified atom stereocenters. The second-order valence-electron chi connectivity index (χ2n) is 7.63. The first kappa shape index (κ1) is 24.6. The van der Waals surface area contributed by atoms with Crippen LogP contribution in [0.3, 0.4) is 0 Å². The summed E-state index contributed by atoms with van der Waals surface area (Å²) < 4.78 is 44.3. The SMILES string of the molecule is COc1ccc(-c2c(-c3ccc(S(N)(=O)=O)cc3)nn(CC#N)c2C(=O)Nc2ccccc2)cc1F. The second kappa shape index (κ2) is 9.99. The number of hydrogen-bond acceptors (Lipinski definition) is 6. The Kier molecular flexibility index (Phi) is 6.82. The highest BCUT2D eigenvalue weighted by atomic mass is 32.2. The molecule has 0 bridgehead atoms. The fourth-order valence-electron chi connectivity index (χ4n) is 3.69. The number of anilines is 1. The molecule has 4 rings (SSSR count). The number of nitrogens with zero attached hydrogens (tertiary/aromatic N) is 3. The molecule has 0 aliphatic carbocycles. The number of carbonyl (C=O) groups excluding carboxylic acids is 1. The van der Waals surface area contributed by atoms with Gasteiger partial charge in [0, 0.05) is 16.8 Å². The van der Waals surface area contributed by atoms with Crippen molar-refractivity contribution in [2.75, 3.05) is 12.4 Å². The van der Waals surface area contributed by atoms with Gasteiger partial charge in [0.15, 0.2) is 11.6 Å². The molecular formula is C25H20FN5O4S. The number of rotatable bonds is 7. The van der Waals surface area contributed by atoms with E-state index in [4.69, 9.17) is 9.88 Å². The lowest BCUT2D eigenvalue weighted by Crippen LogP contribution is -2.18. The lowest BCUT2D eigenvalue weighted by molar-refractivity contribution is 0.101. The summed E-state index contributed by atoms with van der Waals surface area (Å²) in [7, 11) is -2.60. The van der Waals surface area contributed by atoms with Gasteiger partial charge < -0.3 is 10.1 Å². The monoisotopic (exact) mass is 505 g/mol. The maximum Gasteiger partial charge on any atom is 0.274 e. The standard InChI is InChI=1S/C25H20FN5O4S/c1-35-21-12-9-17(15-20(21)26)22-23(16-7-10-19(11-8-16)36(28,33)34)30-31(14-13-27)24(22)25(32)29-18-5-3-2-4-6-18/h2-12,15H,14H2,1H3,(H,29,32)(H2,28,33,34). The maximum atomic E-state index is 14.7. The van der Waals surface area contributed by atoms with E-state index < -0.39 is 21.7 Å². The Balaban J connectivity index is 1.95. The van der Waals surface area contributed by atoms with E-state index in [1.54, 1.807) is 36.4 Å². The highest BCUT2D eigenvalue weighted by Crippen LogP contribution is 2.37. The quantitative estimate of drug-likeness (QED) is 0.392. The molecule has 0 spiro atoms. The largest absolute Gasteiger partial charge is 0.494 e. The Bertz CT molecular complexity index is 1580. The molecule has 0 atom stereocenters. The number of methoxy groups -OCH3 is 1. The summed E-state index contributed by atoms with van der Waals surface area (Å²) in [5.74, 6) is -1.21. The zero-order valence-electron chi connectivity index (χ0n) is 19.0. The van der Waals surface area contributed by atoms with E-state index in [2.05, 4.69) is 10.4 Å². The number of para-hydroxylation sites is 1. The van der Waals surface area contributed by atoms with E-state index in [-0.39, 0.29) is 34.1 Å². The van der Waals surface area contributed by atoms with Crippen molar-refractivity contribution in [3.8, 4) is 34.2 Å². The van der Waals surface area contributed by atoms with Gasteiger partial charge >= 0.3 is 0 Å². The minimum absolute atomic E-state index is 0.0116. The van der Waals surface area contributed by atoms with Gasteiger partial charge in [0.2, 0.25) is 10.0 Å². The summed E-state index contributed by atoms with van der Waals surface area (Å²) in [6, 6.07) is 20.4. The van der Waals surface area contributed by atoms with Crippen LogP contribution in [0, 0.1) is 17.1 Å². The number of benzene rings is 3. The van der Waals surface area contributed by atoms with Crippen molar-refractivity contribution in [2.45, 2.75) is 11.4 Å². The van der Waals surface area contributed by atoms with Crippen LogP contribution in [-0.2, 0) is 16.6 Å². The molecule has 11 heteroatoms. The van der Waals surface area contributed by atoms with Gasteiger partial charge in [0.05, 0.1) is 18.1 Å². The van der Waals surface area contributed by atoms with Crippen LogP contribution in [-0.4, -0.2) is 31.2 Å². The molecule has 1 amide bonds. The van der Waals surface area contributed by atoms with E-state index in [1.165, 1.54) is 48.2 Å². The molecule has 1 aromatic heterocycles. The Labute approximate surface area is 206 Å². The molecule has 0 aliphatic rings. The molecule has 0 radical (unpaired) electrons. The van der Waals surface area contributed by atoms with Gasteiger partial charge in [0.25, 0.3) is 5.91 Å². The minimum Gasteiger partial charge on any atom is -0.494 e. The van der Waals surface area contributed by atoms with Crippen LogP contribution in [0.1, 0.15) is 10.5 Å². The fourth-order valence-corrected chi connectivity index (χ4v) is 4.20. The molecule has 4 aromatic rings.